The third-order valence-corrected chi connectivity index (χ3v) is 4.17. The molecule has 1 heterocycles. The fraction of sp³-hybridized carbons (Fsp3) is 0.400. The van der Waals surface area contributed by atoms with Crippen LogP contribution >= 0.6 is 0 Å². The van der Waals surface area contributed by atoms with Crippen LogP contribution in [0.5, 0.6) is 0 Å². The normalized spacial score (nSPS) is 21.0. The molecule has 1 saturated heterocycles. The fourth-order valence-electron chi connectivity index (χ4n) is 2.96. The molecule has 6 heteroatoms. The highest BCUT2D eigenvalue weighted by Gasteiger charge is 2.35. The van der Waals surface area contributed by atoms with E-state index >= 15 is 0 Å². The van der Waals surface area contributed by atoms with Crippen LogP contribution < -0.4 is 5.32 Å². The molecule has 1 unspecified atom stereocenters. The third kappa shape index (κ3) is 5.00. The molecule has 2 amide bonds. The smallest absolute Gasteiger partial charge is 0.247 e. The first-order valence-electron chi connectivity index (χ1n) is 8.68. The summed E-state index contributed by atoms with van der Waals surface area (Å²) in [6, 6.07) is 2.35. The Morgan fingerprint density at radius 3 is 2.73 bits per heavy atom. The summed E-state index contributed by atoms with van der Waals surface area (Å²) in [5, 5.41) is 2.90. The molecule has 2 rings (SSSR count). The van der Waals surface area contributed by atoms with Gasteiger partial charge in [-0.3, -0.25) is 9.59 Å². The molecule has 2 atom stereocenters. The largest absolute Gasteiger partial charge is 0.346 e. The molecule has 1 aliphatic rings. The molecule has 1 aromatic carbocycles. The summed E-state index contributed by atoms with van der Waals surface area (Å²) in [5.74, 6) is -1.75. The van der Waals surface area contributed by atoms with Gasteiger partial charge in [0, 0.05) is 24.3 Å². The van der Waals surface area contributed by atoms with Crippen LogP contribution in [0.1, 0.15) is 32.8 Å². The van der Waals surface area contributed by atoms with Crippen LogP contribution in [-0.4, -0.2) is 35.3 Å². The first kappa shape index (κ1) is 19.8. The zero-order chi connectivity index (χ0) is 19.3. The standard InChI is InChI=1S/C20H24F2N2O2/c1-4-5-16-12-24(18(10-13(2)3)20(26)23-16)19(25)9-7-14-6-8-15(21)11-17(14)22/h4-9,11,13,16,18H,10,12H2,1-3H3,(H,23,26)/b5-4+,9-7+/t16-,18?/m0/s1. The Bertz CT molecular complexity index is 729. The Labute approximate surface area is 152 Å². The number of hydrogen-bond donors (Lipinski definition) is 1. The van der Waals surface area contributed by atoms with Gasteiger partial charge < -0.3 is 10.2 Å². The van der Waals surface area contributed by atoms with Crippen molar-refractivity contribution in [2.75, 3.05) is 6.54 Å². The van der Waals surface area contributed by atoms with Gasteiger partial charge in [0.25, 0.3) is 0 Å². The van der Waals surface area contributed by atoms with Crippen LogP contribution in [-0.2, 0) is 9.59 Å². The van der Waals surface area contributed by atoms with Gasteiger partial charge in [-0.15, -0.1) is 0 Å². The van der Waals surface area contributed by atoms with E-state index in [1.807, 2.05) is 32.9 Å². The number of nitrogens with zero attached hydrogens (tertiary/aromatic N) is 1. The molecule has 4 nitrogen and oxygen atoms in total. The van der Waals surface area contributed by atoms with Crippen molar-refractivity contribution >= 4 is 17.9 Å². The Balaban J connectivity index is 2.22. The van der Waals surface area contributed by atoms with Gasteiger partial charge in [-0.25, -0.2) is 8.78 Å². The van der Waals surface area contributed by atoms with Gasteiger partial charge in [0.2, 0.25) is 11.8 Å². The van der Waals surface area contributed by atoms with Gasteiger partial charge in [0.15, 0.2) is 0 Å². The maximum absolute atomic E-state index is 13.7. The van der Waals surface area contributed by atoms with Gasteiger partial charge in [-0.1, -0.05) is 26.0 Å². The lowest BCUT2D eigenvalue weighted by Crippen LogP contribution is -2.61. The summed E-state index contributed by atoms with van der Waals surface area (Å²) < 4.78 is 26.7. The van der Waals surface area contributed by atoms with E-state index in [-0.39, 0.29) is 29.3 Å². The van der Waals surface area contributed by atoms with Crippen LogP contribution in [0.4, 0.5) is 8.78 Å². The molecule has 1 fully saturated rings. The number of benzene rings is 1. The third-order valence-electron chi connectivity index (χ3n) is 4.17. The predicted octanol–water partition coefficient (Wildman–Crippen LogP) is 3.30. The number of nitrogens with one attached hydrogen (secondary N) is 1. The van der Waals surface area contributed by atoms with E-state index in [0.717, 1.165) is 12.1 Å². The quantitative estimate of drug-likeness (QED) is 0.645. The van der Waals surface area contributed by atoms with E-state index in [2.05, 4.69) is 5.32 Å². The maximum atomic E-state index is 13.7. The summed E-state index contributed by atoms with van der Waals surface area (Å²) in [4.78, 5) is 26.6. The minimum Gasteiger partial charge on any atom is -0.346 e. The monoisotopic (exact) mass is 362 g/mol. The molecule has 0 radical (unpaired) electrons. The van der Waals surface area contributed by atoms with Crippen molar-refractivity contribution in [2.24, 2.45) is 5.92 Å². The molecular weight excluding hydrogens is 338 g/mol. The highest BCUT2D eigenvalue weighted by atomic mass is 19.1. The predicted molar refractivity (Wildman–Crippen MR) is 97.1 cm³/mol. The number of halogens is 2. The second-order valence-corrected chi connectivity index (χ2v) is 6.78. The van der Waals surface area contributed by atoms with Crippen molar-refractivity contribution in [3.8, 4) is 0 Å². The first-order chi connectivity index (χ1) is 12.3. The Hall–Kier alpha value is -2.50. The van der Waals surface area contributed by atoms with E-state index in [1.165, 1.54) is 23.1 Å². The second-order valence-electron chi connectivity index (χ2n) is 6.78. The van der Waals surface area contributed by atoms with Crippen molar-refractivity contribution in [1.82, 2.24) is 10.2 Å². The number of piperazine rings is 1. The zero-order valence-electron chi connectivity index (χ0n) is 15.2. The summed E-state index contributed by atoms with van der Waals surface area (Å²) in [5.41, 5.74) is 0.117. The van der Waals surface area contributed by atoms with Gasteiger partial charge in [0.1, 0.15) is 17.7 Å². The number of allylic oxidation sites excluding steroid dienone is 1. The van der Waals surface area contributed by atoms with Crippen LogP contribution in [0.3, 0.4) is 0 Å². The van der Waals surface area contributed by atoms with E-state index < -0.39 is 17.7 Å². The van der Waals surface area contributed by atoms with E-state index in [4.69, 9.17) is 0 Å². The topological polar surface area (TPSA) is 49.4 Å². The van der Waals surface area contributed by atoms with E-state index in [0.29, 0.717) is 13.0 Å². The van der Waals surface area contributed by atoms with Crippen molar-refractivity contribution in [1.29, 1.82) is 0 Å². The first-order valence-corrected chi connectivity index (χ1v) is 8.68. The van der Waals surface area contributed by atoms with E-state index in [9.17, 15) is 18.4 Å². The molecule has 0 aromatic heterocycles. The summed E-state index contributed by atoms with van der Waals surface area (Å²) in [7, 11) is 0. The number of rotatable bonds is 5. The highest BCUT2D eigenvalue weighted by molar-refractivity contribution is 5.96. The van der Waals surface area contributed by atoms with Gasteiger partial charge in [-0.2, -0.15) is 0 Å². The molecule has 0 spiro atoms. The Morgan fingerprint density at radius 2 is 2.12 bits per heavy atom. The molecule has 0 bridgehead atoms. The van der Waals surface area contributed by atoms with E-state index in [1.54, 1.807) is 0 Å². The van der Waals surface area contributed by atoms with Gasteiger partial charge in [0.05, 0.1) is 6.04 Å². The summed E-state index contributed by atoms with van der Waals surface area (Å²) in [6.07, 6.45) is 6.72. The minimum absolute atomic E-state index is 0.117. The fourth-order valence-corrected chi connectivity index (χ4v) is 2.96. The highest BCUT2D eigenvalue weighted by Crippen LogP contribution is 2.18. The molecule has 0 saturated carbocycles. The minimum atomic E-state index is -0.740. The zero-order valence-corrected chi connectivity index (χ0v) is 15.2. The lowest BCUT2D eigenvalue weighted by molar-refractivity contribution is -0.141. The van der Waals surface area contributed by atoms with Crippen LogP contribution in [0.15, 0.2) is 36.4 Å². The molecular formula is C20H24F2N2O2. The number of hydrogen-bond acceptors (Lipinski definition) is 2. The number of carbonyl (C=O) groups excluding carboxylic acids is 2. The maximum Gasteiger partial charge on any atom is 0.247 e. The molecule has 1 N–H and O–H groups in total. The van der Waals surface area contributed by atoms with Crippen LogP contribution in [0.25, 0.3) is 6.08 Å². The summed E-state index contributed by atoms with van der Waals surface area (Å²) in [6.45, 7) is 6.16. The second kappa shape index (κ2) is 8.74. The molecule has 26 heavy (non-hydrogen) atoms. The number of carbonyl (C=O) groups is 2. The molecule has 140 valence electrons. The van der Waals surface area contributed by atoms with Crippen molar-refractivity contribution in [2.45, 2.75) is 39.3 Å². The van der Waals surface area contributed by atoms with Crippen molar-refractivity contribution < 1.29 is 18.4 Å². The lowest BCUT2D eigenvalue weighted by atomic mass is 9.98. The summed E-state index contributed by atoms with van der Waals surface area (Å²) >= 11 is 0. The molecule has 1 aliphatic heterocycles. The van der Waals surface area contributed by atoms with Crippen LogP contribution in [0.2, 0.25) is 0 Å². The molecule has 0 aliphatic carbocycles. The Morgan fingerprint density at radius 1 is 1.38 bits per heavy atom. The molecule has 1 aromatic rings. The van der Waals surface area contributed by atoms with Crippen molar-refractivity contribution in [3.63, 3.8) is 0 Å². The average molecular weight is 362 g/mol. The average Bonchev–Trinajstić information content (AvgIpc) is 2.56. The van der Waals surface area contributed by atoms with Gasteiger partial charge in [-0.05, 0) is 37.5 Å². The van der Waals surface area contributed by atoms with Gasteiger partial charge >= 0.3 is 0 Å². The number of amides is 2. The van der Waals surface area contributed by atoms with Crippen LogP contribution in [0, 0.1) is 17.6 Å². The van der Waals surface area contributed by atoms with Crippen molar-refractivity contribution in [3.05, 3.63) is 53.6 Å². The SMILES string of the molecule is C/C=C/[C@H]1CN(C(=O)/C=C/c2ccc(F)cc2F)C(CC(C)C)C(=O)N1. The lowest BCUT2D eigenvalue weighted by Gasteiger charge is -2.38. The Kier molecular flexibility index (Phi) is 6.66.